The van der Waals surface area contributed by atoms with Crippen LogP contribution in [0.15, 0.2) is 30.3 Å². The second-order valence-electron chi connectivity index (χ2n) is 5.27. The van der Waals surface area contributed by atoms with Gasteiger partial charge in [-0.15, -0.1) is 0 Å². The van der Waals surface area contributed by atoms with Crippen LogP contribution in [0.5, 0.6) is 0 Å². The zero-order valence-electron chi connectivity index (χ0n) is 11.3. The molecular formula is C16H23NO. The first kappa shape index (κ1) is 13.3. The number of piperidine rings is 1. The van der Waals surface area contributed by atoms with E-state index in [1.807, 2.05) is 30.3 Å². The summed E-state index contributed by atoms with van der Waals surface area (Å²) in [7, 11) is 0. The van der Waals surface area contributed by atoms with E-state index in [4.69, 9.17) is 0 Å². The highest BCUT2D eigenvalue weighted by atomic mass is 16.1. The number of carbonyl (C=O) groups excluding carboxylic acids is 1. The third-order valence-electron chi connectivity index (χ3n) is 3.89. The third kappa shape index (κ3) is 3.67. The molecule has 1 aliphatic rings. The van der Waals surface area contributed by atoms with Crippen LogP contribution >= 0.6 is 0 Å². The lowest BCUT2D eigenvalue weighted by atomic mass is 10.0. The molecule has 18 heavy (non-hydrogen) atoms. The molecule has 2 nitrogen and oxygen atoms in total. The number of benzene rings is 1. The number of Topliss-reactive ketones (excluding diaryl/α,β-unsaturated/α-hetero) is 1. The van der Waals surface area contributed by atoms with Crippen molar-refractivity contribution in [2.45, 2.75) is 45.1 Å². The number of ketones is 1. The van der Waals surface area contributed by atoms with Gasteiger partial charge in [-0.1, -0.05) is 36.8 Å². The molecule has 0 aliphatic carbocycles. The third-order valence-corrected chi connectivity index (χ3v) is 3.89. The fourth-order valence-corrected chi connectivity index (χ4v) is 2.70. The van der Waals surface area contributed by atoms with Crippen molar-refractivity contribution in [3.05, 3.63) is 35.9 Å². The highest BCUT2D eigenvalue weighted by Crippen LogP contribution is 2.17. The standard InChI is InChI=1S/C16H23NO/c1-14-8-5-6-12-17(14)13-7-11-16(18)15-9-3-2-4-10-15/h2-4,9-10,14H,5-8,11-13H2,1H3. The number of carbonyl (C=O) groups is 1. The van der Waals surface area contributed by atoms with Crippen molar-refractivity contribution < 1.29 is 4.79 Å². The summed E-state index contributed by atoms with van der Waals surface area (Å²) in [6.45, 7) is 4.58. The Hall–Kier alpha value is -1.15. The van der Waals surface area contributed by atoms with E-state index in [-0.39, 0.29) is 5.78 Å². The monoisotopic (exact) mass is 245 g/mol. The van der Waals surface area contributed by atoms with E-state index in [0.717, 1.165) is 18.5 Å². The second kappa shape index (κ2) is 6.69. The predicted octanol–water partition coefficient (Wildman–Crippen LogP) is 3.52. The van der Waals surface area contributed by atoms with E-state index >= 15 is 0 Å². The maximum absolute atomic E-state index is 11.9. The Morgan fingerprint density at radius 3 is 2.78 bits per heavy atom. The van der Waals surface area contributed by atoms with E-state index in [1.54, 1.807) is 0 Å². The molecular weight excluding hydrogens is 222 g/mol. The van der Waals surface area contributed by atoms with Crippen molar-refractivity contribution in [3.8, 4) is 0 Å². The highest BCUT2D eigenvalue weighted by molar-refractivity contribution is 5.95. The van der Waals surface area contributed by atoms with Crippen LogP contribution in [0.3, 0.4) is 0 Å². The maximum atomic E-state index is 11.9. The Kier molecular flexibility index (Phi) is 4.94. The van der Waals surface area contributed by atoms with E-state index in [1.165, 1.54) is 25.8 Å². The maximum Gasteiger partial charge on any atom is 0.162 e. The van der Waals surface area contributed by atoms with Gasteiger partial charge in [-0.3, -0.25) is 4.79 Å². The first-order chi connectivity index (χ1) is 8.77. The van der Waals surface area contributed by atoms with Crippen molar-refractivity contribution in [2.75, 3.05) is 13.1 Å². The van der Waals surface area contributed by atoms with Crippen molar-refractivity contribution in [1.82, 2.24) is 4.90 Å². The number of likely N-dealkylation sites (tertiary alicyclic amines) is 1. The normalized spacial score (nSPS) is 20.8. The molecule has 2 heteroatoms. The van der Waals surface area contributed by atoms with Gasteiger partial charge in [0, 0.05) is 18.0 Å². The van der Waals surface area contributed by atoms with Crippen molar-refractivity contribution in [2.24, 2.45) is 0 Å². The van der Waals surface area contributed by atoms with Crippen molar-refractivity contribution in [3.63, 3.8) is 0 Å². The number of hydrogen-bond donors (Lipinski definition) is 0. The quantitative estimate of drug-likeness (QED) is 0.740. The number of rotatable bonds is 5. The minimum Gasteiger partial charge on any atom is -0.301 e. The van der Waals surface area contributed by atoms with Crippen LogP contribution in [-0.4, -0.2) is 29.8 Å². The van der Waals surface area contributed by atoms with Crippen LogP contribution in [-0.2, 0) is 0 Å². The van der Waals surface area contributed by atoms with Gasteiger partial charge < -0.3 is 4.90 Å². The molecule has 0 saturated carbocycles. The van der Waals surface area contributed by atoms with Gasteiger partial charge in [0.2, 0.25) is 0 Å². The summed E-state index contributed by atoms with van der Waals surface area (Å²) in [6, 6.07) is 10.3. The molecule has 1 saturated heterocycles. The summed E-state index contributed by atoms with van der Waals surface area (Å²) >= 11 is 0. The van der Waals surface area contributed by atoms with Crippen molar-refractivity contribution in [1.29, 1.82) is 0 Å². The van der Waals surface area contributed by atoms with Gasteiger partial charge in [0.05, 0.1) is 0 Å². The molecule has 1 fully saturated rings. The minimum atomic E-state index is 0.278. The van der Waals surface area contributed by atoms with Crippen LogP contribution < -0.4 is 0 Å². The zero-order valence-corrected chi connectivity index (χ0v) is 11.3. The topological polar surface area (TPSA) is 20.3 Å². The Balaban J connectivity index is 1.73. The summed E-state index contributed by atoms with van der Waals surface area (Å²) in [4.78, 5) is 14.5. The lowest BCUT2D eigenvalue weighted by Crippen LogP contribution is -2.38. The molecule has 0 N–H and O–H groups in total. The highest BCUT2D eigenvalue weighted by Gasteiger charge is 2.17. The van der Waals surface area contributed by atoms with Crippen LogP contribution in [0.25, 0.3) is 0 Å². The van der Waals surface area contributed by atoms with Gasteiger partial charge in [0.15, 0.2) is 5.78 Å². The van der Waals surface area contributed by atoms with Crippen LogP contribution in [0.4, 0.5) is 0 Å². The summed E-state index contributed by atoms with van der Waals surface area (Å²) in [6.07, 6.45) is 5.65. The molecule has 1 unspecified atom stereocenters. The molecule has 1 atom stereocenters. The van der Waals surface area contributed by atoms with Gasteiger partial charge in [-0.05, 0) is 39.3 Å². The largest absolute Gasteiger partial charge is 0.301 e. The van der Waals surface area contributed by atoms with E-state index < -0.39 is 0 Å². The molecule has 0 radical (unpaired) electrons. The van der Waals surface area contributed by atoms with Gasteiger partial charge in [0.1, 0.15) is 0 Å². The Morgan fingerprint density at radius 2 is 2.06 bits per heavy atom. The Bertz CT molecular complexity index is 374. The molecule has 1 aromatic carbocycles. The molecule has 1 heterocycles. The summed E-state index contributed by atoms with van der Waals surface area (Å²) in [5, 5.41) is 0. The number of nitrogens with zero attached hydrogens (tertiary/aromatic N) is 1. The van der Waals surface area contributed by atoms with Crippen LogP contribution in [0, 0.1) is 0 Å². The fourth-order valence-electron chi connectivity index (χ4n) is 2.70. The van der Waals surface area contributed by atoms with Gasteiger partial charge in [-0.25, -0.2) is 0 Å². The molecule has 0 aromatic heterocycles. The first-order valence-corrected chi connectivity index (χ1v) is 7.09. The lowest BCUT2D eigenvalue weighted by Gasteiger charge is -2.33. The molecule has 98 valence electrons. The summed E-state index contributed by atoms with van der Waals surface area (Å²) in [5.41, 5.74) is 0.851. The average Bonchev–Trinajstić information content (AvgIpc) is 2.42. The van der Waals surface area contributed by atoms with Gasteiger partial charge >= 0.3 is 0 Å². The molecule has 0 bridgehead atoms. The molecule has 1 aliphatic heterocycles. The Morgan fingerprint density at radius 1 is 1.28 bits per heavy atom. The second-order valence-corrected chi connectivity index (χ2v) is 5.27. The molecule has 0 amide bonds. The lowest BCUT2D eigenvalue weighted by molar-refractivity contribution is 0.0964. The van der Waals surface area contributed by atoms with Gasteiger partial charge in [-0.2, -0.15) is 0 Å². The van der Waals surface area contributed by atoms with Gasteiger partial charge in [0.25, 0.3) is 0 Å². The minimum absolute atomic E-state index is 0.278. The smallest absolute Gasteiger partial charge is 0.162 e. The van der Waals surface area contributed by atoms with E-state index in [2.05, 4.69) is 11.8 Å². The number of hydrogen-bond acceptors (Lipinski definition) is 2. The fraction of sp³-hybridized carbons (Fsp3) is 0.562. The molecule has 2 rings (SSSR count). The Labute approximate surface area is 110 Å². The molecule has 0 spiro atoms. The SMILES string of the molecule is CC1CCCCN1CCCC(=O)c1ccccc1. The first-order valence-electron chi connectivity index (χ1n) is 7.09. The zero-order chi connectivity index (χ0) is 12.8. The van der Waals surface area contributed by atoms with Crippen molar-refractivity contribution >= 4 is 5.78 Å². The van der Waals surface area contributed by atoms with E-state index in [9.17, 15) is 4.79 Å². The molecule has 1 aromatic rings. The average molecular weight is 245 g/mol. The summed E-state index contributed by atoms with van der Waals surface area (Å²) < 4.78 is 0. The van der Waals surface area contributed by atoms with Crippen LogP contribution in [0.1, 0.15) is 49.4 Å². The van der Waals surface area contributed by atoms with E-state index in [0.29, 0.717) is 12.5 Å². The van der Waals surface area contributed by atoms with Crippen LogP contribution in [0.2, 0.25) is 0 Å². The summed E-state index contributed by atoms with van der Waals surface area (Å²) in [5.74, 6) is 0.278. The predicted molar refractivity (Wildman–Crippen MR) is 74.9 cm³/mol.